The Morgan fingerprint density at radius 2 is 1.73 bits per heavy atom. The molecule has 1 aromatic rings. The van der Waals surface area contributed by atoms with E-state index in [1.165, 1.54) is 12.1 Å². The van der Waals surface area contributed by atoms with E-state index in [4.69, 9.17) is 11.6 Å². The van der Waals surface area contributed by atoms with Crippen LogP contribution in [0, 0.1) is 6.92 Å². The Labute approximate surface area is 92.7 Å². The van der Waals surface area contributed by atoms with Gasteiger partial charge >= 0.3 is 6.18 Å². The van der Waals surface area contributed by atoms with Crippen LogP contribution in [0.2, 0.25) is 0 Å². The first-order chi connectivity index (χ1) is 6.82. The molecule has 0 aliphatic heterocycles. The molecular weight excluding hydrogens is 249 g/mol. The molecule has 0 aliphatic carbocycles. The van der Waals surface area contributed by atoms with Gasteiger partial charge in [0, 0.05) is 4.90 Å². The van der Waals surface area contributed by atoms with Gasteiger partial charge in [0.1, 0.15) is 0 Å². The minimum Gasteiger partial charge on any atom is -0.252 e. The lowest BCUT2D eigenvalue weighted by molar-refractivity contribution is -0.114. The van der Waals surface area contributed by atoms with Crippen LogP contribution in [-0.4, -0.2) is 15.1 Å². The summed E-state index contributed by atoms with van der Waals surface area (Å²) in [6.45, 7) is 1.79. The van der Waals surface area contributed by atoms with Crippen LogP contribution >= 0.6 is 11.6 Å². The number of aryl methyl sites for hydroxylation is 1. The molecule has 2 atom stereocenters. The Hall–Kier alpha value is -0.550. The molecule has 0 amide bonds. The quantitative estimate of drug-likeness (QED) is 0.743. The van der Waals surface area contributed by atoms with Crippen molar-refractivity contribution in [3.05, 3.63) is 29.8 Å². The summed E-state index contributed by atoms with van der Waals surface area (Å²) in [6.07, 6.45) is -4.66. The summed E-state index contributed by atoms with van der Waals surface area (Å²) >= 11 is 5.06. The van der Waals surface area contributed by atoms with Gasteiger partial charge in [-0.3, -0.25) is 4.21 Å². The second-order valence-electron chi connectivity index (χ2n) is 2.97. The minimum atomic E-state index is -4.66. The van der Waals surface area contributed by atoms with Crippen LogP contribution < -0.4 is 0 Å². The Balaban J connectivity index is 2.90. The van der Waals surface area contributed by atoms with Crippen molar-refractivity contribution in [2.24, 2.45) is 0 Å². The second-order valence-corrected chi connectivity index (χ2v) is 5.20. The highest BCUT2D eigenvalue weighted by atomic mass is 35.5. The van der Waals surface area contributed by atoms with Crippen LogP contribution in [-0.2, 0) is 10.8 Å². The zero-order chi connectivity index (χ0) is 11.6. The van der Waals surface area contributed by atoms with E-state index >= 15 is 0 Å². The molecule has 0 saturated carbocycles. The molecule has 0 aromatic heterocycles. The van der Waals surface area contributed by atoms with Crippen molar-refractivity contribution in [1.29, 1.82) is 0 Å². The van der Waals surface area contributed by atoms with Gasteiger partial charge < -0.3 is 0 Å². The van der Waals surface area contributed by atoms with Gasteiger partial charge in [-0.05, 0) is 19.1 Å². The molecule has 1 rings (SSSR count). The molecule has 0 bridgehead atoms. The fourth-order valence-corrected chi connectivity index (χ4v) is 2.11. The third kappa shape index (κ3) is 3.21. The minimum absolute atomic E-state index is 0.0814. The third-order valence-corrected chi connectivity index (χ3v) is 3.81. The maximum absolute atomic E-state index is 12.1. The summed E-state index contributed by atoms with van der Waals surface area (Å²) in [5.74, 6) is 0. The standard InChI is InChI=1S/C9H8ClF3OS/c1-6-2-4-7(5-3-6)15(14)8(10)9(11,12)13/h2-5,8H,1H3. The molecule has 2 unspecified atom stereocenters. The zero-order valence-electron chi connectivity index (χ0n) is 7.72. The van der Waals surface area contributed by atoms with Crippen LogP contribution in [0.25, 0.3) is 0 Å². The zero-order valence-corrected chi connectivity index (χ0v) is 9.29. The molecule has 0 radical (unpaired) electrons. The lowest BCUT2D eigenvalue weighted by Crippen LogP contribution is -2.27. The molecule has 0 heterocycles. The predicted molar refractivity (Wildman–Crippen MR) is 53.3 cm³/mol. The van der Waals surface area contributed by atoms with Crippen molar-refractivity contribution in [1.82, 2.24) is 0 Å². The van der Waals surface area contributed by atoms with E-state index in [0.717, 1.165) is 5.56 Å². The van der Waals surface area contributed by atoms with Crippen molar-refractivity contribution in [2.45, 2.75) is 22.7 Å². The van der Waals surface area contributed by atoms with Gasteiger partial charge in [-0.2, -0.15) is 13.2 Å². The first-order valence-electron chi connectivity index (χ1n) is 4.00. The summed E-state index contributed by atoms with van der Waals surface area (Å²) < 4.78 is 45.4. The number of hydrogen-bond acceptors (Lipinski definition) is 1. The molecule has 15 heavy (non-hydrogen) atoms. The summed E-state index contributed by atoms with van der Waals surface area (Å²) in [5, 5.41) is 0. The first kappa shape index (κ1) is 12.5. The molecule has 0 saturated heterocycles. The van der Waals surface area contributed by atoms with E-state index in [1.54, 1.807) is 19.1 Å². The van der Waals surface area contributed by atoms with E-state index in [2.05, 4.69) is 0 Å². The van der Waals surface area contributed by atoms with Gasteiger partial charge in [-0.1, -0.05) is 29.3 Å². The molecular formula is C9H8ClF3OS. The number of halogens is 4. The van der Waals surface area contributed by atoms with E-state index in [-0.39, 0.29) is 4.90 Å². The van der Waals surface area contributed by atoms with Gasteiger partial charge in [0.05, 0.1) is 10.8 Å². The topological polar surface area (TPSA) is 17.1 Å². The fourth-order valence-electron chi connectivity index (χ4n) is 0.913. The SMILES string of the molecule is Cc1ccc(S(=O)C(Cl)C(F)(F)F)cc1. The summed E-state index contributed by atoms with van der Waals surface area (Å²) in [5.41, 5.74) is 0.883. The average Bonchev–Trinajstić information content (AvgIpc) is 2.15. The van der Waals surface area contributed by atoms with Crippen molar-refractivity contribution < 1.29 is 17.4 Å². The Kier molecular flexibility index (Phi) is 3.78. The van der Waals surface area contributed by atoms with Crippen molar-refractivity contribution >= 4 is 22.4 Å². The molecule has 6 heteroatoms. The van der Waals surface area contributed by atoms with E-state index < -0.39 is 21.7 Å². The van der Waals surface area contributed by atoms with Gasteiger partial charge in [0.15, 0.2) is 0 Å². The summed E-state index contributed by atoms with van der Waals surface area (Å²) in [6, 6.07) is 5.94. The maximum atomic E-state index is 12.1. The number of rotatable bonds is 2. The molecule has 1 nitrogen and oxygen atoms in total. The molecule has 0 aliphatic rings. The Morgan fingerprint density at radius 1 is 1.27 bits per heavy atom. The van der Waals surface area contributed by atoms with Crippen molar-refractivity contribution in [3.8, 4) is 0 Å². The predicted octanol–water partition coefficient (Wildman–Crippen LogP) is 3.23. The van der Waals surface area contributed by atoms with Crippen molar-refractivity contribution in [2.75, 3.05) is 0 Å². The van der Waals surface area contributed by atoms with Gasteiger partial charge in [0.25, 0.3) is 0 Å². The summed E-state index contributed by atoms with van der Waals surface area (Å²) in [7, 11) is -2.27. The van der Waals surface area contributed by atoms with Crippen LogP contribution in [0.5, 0.6) is 0 Å². The fraction of sp³-hybridized carbons (Fsp3) is 0.333. The second kappa shape index (κ2) is 4.53. The Morgan fingerprint density at radius 3 is 2.13 bits per heavy atom. The Bertz CT molecular complexity index is 361. The highest BCUT2D eigenvalue weighted by Gasteiger charge is 2.43. The maximum Gasteiger partial charge on any atom is 0.416 e. The van der Waals surface area contributed by atoms with Crippen LogP contribution in [0.15, 0.2) is 29.2 Å². The number of benzene rings is 1. The highest BCUT2D eigenvalue weighted by Crippen LogP contribution is 2.30. The van der Waals surface area contributed by atoms with E-state index in [0.29, 0.717) is 0 Å². The molecule has 1 aromatic carbocycles. The van der Waals surface area contributed by atoms with Gasteiger partial charge in [0.2, 0.25) is 4.71 Å². The average molecular weight is 257 g/mol. The molecule has 0 fully saturated rings. The van der Waals surface area contributed by atoms with E-state index in [9.17, 15) is 17.4 Å². The largest absolute Gasteiger partial charge is 0.416 e. The smallest absolute Gasteiger partial charge is 0.252 e. The monoisotopic (exact) mass is 256 g/mol. The molecule has 84 valence electrons. The third-order valence-electron chi connectivity index (χ3n) is 1.70. The van der Waals surface area contributed by atoms with Crippen LogP contribution in [0.1, 0.15) is 5.56 Å². The molecule has 0 N–H and O–H groups in total. The highest BCUT2D eigenvalue weighted by molar-refractivity contribution is 7.87. The summed E-state index contributed by atoms with van der Waals surface area (Å²) in [4.78, 5) is 0.0814. The number of hydrogen-bond donors (Lipinski definition) is 0. The lowest BCUT2D eigenvalue weighted by Gasteiger charge is -2.13. The van der Waals surface area contributed by atoms with Gasteiger partial charge in [-0.15, -0.1) is 0 Å². The van der Waals surface area contributed by atoms with Crippen LogP contribution in [0.3, 0.4) is 0 Å². The lowest BCUT2D eigenvalue weighted by atomic mass is 10.2. The van der Waals surface area contributed by atoms with Crippen molar-refractivity contribution in [3.63, 3.8) is 0 Å². The van der Waals surface area contributed by atoms with Crippen LogP contribution in [0.4, 0.5) is 13.2 Å². The molecule has 0 spiro atoms. The van der Waals surface area contributed by atoms with E-state index in [1.807, 2.05) is 0 Å². The normalized spacial score (nSPS) is 16.1. The van der Waals surface area contributed by atoms with Gasteiger partial charge in [-0.25, -0.2) is 0 Å². The first-order valence-corrected chi connectivity index (χ1v) is 5.65. The number of alkyl halides is 4.